The van der Waals surface area contributed by atoms with E-state index in [1.54, 1.807) is 31.1 Å². The van der Waals surface area contributed by atoms with Gasteiger partial charge in [-0.05, 0) is 0 Å². The number of halogens is 3. The molecule has 0 aliphatic heterocycles. The first-order chi connectivity index (χ1) is 7.18. The van der Waals surface area contributed by atoms with Crippen LogP contribution in [0.5, 0.6) is 0 Å². The summed E-state index contributed by atoms with van der Waals surface area (Å²) >= 11 is 0. The molecule has 4 heteroatoms. The molecule has 0 N–H and O–H groups in total. The molecule has 15 heavy (non-hydrogen) atoms. The number of rotatable bonds is 1. The zero-order valence-electron chi connectivity index (χ0n) is 7.68. The fraction of sp³-hybridized carbons (Fsp3) is 0. The molecular weight excluding hydrogens is 200 g/mol. The van der Waals surface area contributed by atoms with Crippen LogP contribution in [0.4, 0.5) is 13.2 Å². The fourth-order valence-electron chi connectivity index (χ4n) is 1.35. The standard InChI is InChI=1S/C11H6BF3/c13-9-5-7(6-10(14)11(9)15)8-3-1-2-4-12-8/h1-6H. The Morgan fingerprint density at radius 2 is 1.60 bits per heavy atom. The first-order valence-corrected chi connectivity index (χ1v) is 4.38. The van der Waals surface area contributed by atoms with Gasteiger partial charge in [-0.3, -0.25) is 0 Å². The van der Waals surface area contributed by atoms with Crippen molar-refractivity contribution in [3.8, 4) is 11.0 Å². The van der Waals surface area contributed by atoms with Crippen molar-refractivity contribution in [2.45, 2.75) is 0 Å². The van der Waals surface area contributed by atoms with E-state index in [0.717, 1.165) is 12.1 Å². The zero-order valence-corrected chi connectivity index (χ0v) is 7.68. The van der Waals surface area contributed by atoms with Crippen molar-refractivity contribution < 1.29 is 13.2 Å². The summed E-state index contributed by atoms with van der Waals surface area (Å²) in [6.45, 7) is 1.70. The molecule has 0 saturated carbocycles. The van der Waals surface area contributed by atoms with Crippen molar-refractivity contribution in [3.63, 3.8) is 0 Å². The van der Waals surface area contributed by atoms with E-state index in [0.29, 0.717) is 11.0 Å². The molecule has 74 valence electrons. The molecule has 0 nitrogen and oxygen atoms in total. The summed E-state index contributed by atoms with van der Waals surface area (Å²) in [6.07, 6.45) is 0. The van der Waals surface area contributed by atoms with Crippen LogP contribution in [0.1, 0.15) is 0 Å². The third-order valence-corrected chi connectivity index (χ3v) is 2.09. The summed E-state index contributed by atoms with van der Waals surface area (Å²) in [5.41, 5.74) is 0.974. The van der Waals surface area contributed by atoms with Crippen molar-refractivity contribution in [3.05, 3.63) is 53.7 Å². The molecule has 1 aromatic heterocycles. The van der Waals surface area contributed by atoms with E-state index < -0.39 is 17.5 Å². The molecule has 1 heterocycles. The van der Waals surface area contributed by atoms with Gasteiger partial charge in [-0.25, -0.2) is 0 Å². The van der Waals surface area contributed by atoms with Gasteiger partial charge < -0.3 is 0 Å². The first kappa shape index (κ1) is 9.96. The molecule has 0 aliphatic rings. The molecule has 0 spiro atoms. The number of benzene rings is 1. The molecule has 0 atom stereocenters. The van der Waals surface area contributed by atoms with Gasteiger partial charge in [-0.2, -0.15) is 0 Å². The van der Waals surface area contributed by atoms with E-state index in [-0.39, 0.29) is 0 Å². The average molecular weight is 206 g/mol. The molecule has 0 amide bonds. The van der Waals surface area contributed by atoms with Crippen LogP contribution in [0, 0.1) is 17.5 Å². The first-order valence-electron chi connectivity index (χ1n) is 4.38. The number of hydrogen-bond acceptors (Lipinski definition) is 0. The van der Waals surface area contributed by atoms with Crippen molar-refractivity contribution in [2.75, 3.05) is 0 Å². The second-order valence-electron chi connectivity index (χ2n) is 3.12. The summed E-state index contributed by atoms with van der Waals surface area (Å²) in [7, 11) is 0. The quantitative estimate of drug-likeness (QED) is 0.628. The Morgan fingerprint density at radius 1 is 0.933 bits per heavy atom. The van der Waals surface area contributed by atoms with E-state index in [9.17, 15) is 13.2 Å². The van der Waals surface area contributed by atoms with Crippen molar-refractivity contribution >= 4 is 6.91 Å². The van der Waals surface area contributed by atoms with Gasteiger partial charge in [0, 0.05) is 0 Å². The molecule has 0 radical (unpaired) electrons. The third-order valence-electron chi connectivity index (χ3n) is 2.09. The summed E-state index contributed by atoms with van der Waals surface area (Å²) < 4.78 is 38.5. The molecule has 1 aromatic carbocycles. The Morgan fingerprint density at radius 3 is 2.13 bits per heavy atom. The van der Waals surface area contributed by atoms with Gasteiger partial charge in [0.25, 0.3) is 0 Å². The molecule has 2 aromatic rings. The molecule has 0 unspecified atom stereocenters. The second-order valence-corrected chi connectivity index (χ2v) is 3.12. The van der Waals surface area contributed by atoms with Gasteiger partial charge in [0.05, 0.1) is 0 Å². The molecule has 2 rings (SSSR count). The van der Waals surface area contributed by atoms with Crippen LogP contribution in [-0.2, 0) is 0 Å². The monoisotopic (exact) mass is 206 g/mol. The molecule has 0 saturated heterocycles. The zero-order chi connectivity index (χ0) is 10.8. The van der Waals surface area contributed by atoms with Crippen molar-refractivity contribution in [1.82, 2.24) is 0 Å². The maximum atomic E-state index is 12.9. The van der Waals surface area contributed by atoms with E-state index in [2.05, 4.69) is 0 Å². The SMILES string of the molecule is Fc1cc(-c2bcccc2)cc(F)c1F. The minimum atomic E-state index is -1.44. The van der Waals surface area contributed by atoms with Gasteiger partial charge >= 0.3 is 84.8 Å². The summed E-state index contributed by atoms with van der Waals surface area (Å²) in [6, 6.07) is 7.20. The van der Waals surface area contributed by atoms with Gasteiger partial charge in [-0.15, -0.1) is 0 Å². The average Bonchev–Trinajstić information content (AvgIpc) is 2.26. The Labute approximate surface area is 85.6 Å². The van der Waals surface area contributed by atoms with E-state index in [4.69, 9.17) is 0 Å². The maximum absolute atomic E-state index is 12.9. The van der Waals surface area contributed by atoms with E-state index in [1.807, 2.05) is 0 Å². The van der Waals surface area contributed by atoms with Crippen LogP contribution in [0.3, 0.4) is 0 Å². The molecule has 0 aliphatic carbocycles. The molecule has 0 bridgehead atoms. The van der Waals surface area contributed by atoms with Crippen LogP contribution in [0.15, 0.2) is 36.3 Å². The van der Waals surface area contributed by atoms with Crippen LogP contribution >= 0.6 is 0 Å². The Balaban J connectivity index is 2.56. The third kappa shape index (κ3) is 1.93. The molecular formula is C11H6BF3. The topological polar surface area (TPSA) is 0 Å². The predicted molar refractivity (Wildman–Crippen MR) is 53.1 cm³/mol. The van der Waals surface area contributed by atoms with Crippen LogP contribution in [0.25, 0.3) is 11.0 Å². The van der Waals surface area contributed by atoms with Crippen LogP contribution < -0.4 is 0 Å². The van der Waals surface area contributed by atoms with Gasteiger partial charge in [0.1, 0.15) is 0 Å². The normalized spacial score (nSPS) is 10.1. The van der Waals surface area contributed by atoms with Crippen molar-refractivity contribution in [2.24, 2.45) is 0 Å². The Bertz CT molecular complexity index is 459. The number of hydrogen-bond donors (Lipinski definition) is 0. The second kappa shape index (κ2) is 3.89. The van der Waals surface area contributed by atoms with Crippen LogP contribution in [-0.4, -0.2) is 6.91 Å². The fourth-order valence-corrected chi connectivity index (χ4v) is 1.35. The minimum absolute atomic E-state index is 0.326. The van der Waals surface area contributed by atoms with Gasteiger partial charge in [0.15, 0.2) is 0 Å². The van der Waals surface area contributed by atoms with Crippen LogP contribution in [0.2, 0.25) is 0 Å². The molecule has 0 fully saturated rings. The van der Waals surface area contributed by atoms with E-state index >= 15 is 0 Å². The van der Waals surface area contributed by atoms with Gasteiger partial charge in [-0.1, -0.05) is 0 Å². The van der Waals surface area contributed by atoms with E-state index in [1.165, 1.54) is 0 Å². The summed E-state index contributed by atoms with van der Waals surface area (Å²) in [5.74, 6) is -2.04. The summed E-state index contributed by atoms with van der Waals surface area (Å²) in [4.78, 5) is 0. The Kier molecular flexibility index (Phi) is 2.58. The van der Waals surface area contributed by atoms with Gasteiger partial charge in [0.2, 0.25) is 0 Å². The summed E-state index contributed by atoms with van der Waals surface area (Å²) in [5, 5.41) is 0. The van der Waals surface area contributed by atoms with Crippen molar-refractivity contribution in [1.29, 1.82) is 0 Å². The predicted octanol–water partition coefficient (Wildman–Crippen LogP) is 3.11. The Hall–Kier alpha value is -1.58.